The molecule has 0 fully saturated rings. The molecular weight excluding hydrogens is 248 g/mol. The molecular formula is C12H14ClF2NO. The van der Waals surface area contributed by atoms with Gasteiger partial charge in [-0.1, -0.05) is 6.07 Å². The number of alkyl halides is 1. The molecule has 5 heteroatoms. The number of halogens is 3. The van der Waals surface area contributed by atoms with Gasteiger partial charge in [-0.15, -0.1) is 11.6 Å². The molecule has 0 saturated heterocycles. The van der Waals surface area contributed by atoms with Crippen LogP contribution in [0.2, 0.25) is 0 Å². The molecule has 0 bridgehead atoms. The van der Waals surface area contributed by atoms with E-state index in [9.17, 15) is 13.6 Å². The van der Waals surface area contributed by atoms with Gasteiger partial charge in [0, 0.05) is 23.9 Å². The third-order valence-electron chi connectivity index (χ3n) is 2.34. The highest BCUT2D eigenvalue weighted by molar-refractivity contribution is 6.17. The molecule has 1 N–H and O–H groups in total. The van der Waals surface area contributed by atoms with Crippen LogP contribution in [0.3, 0.4) is 0 Å². The van der Waals surface area contributed by atoms with Crippen molar-refractivity contribution in [2.24, 2.45) is 0 Å². The maximum absolute atomic E-state index is 13.4. The molecule has 1 atom stereocenters. The fraction of sp³-hybridized carbons (Fsp3) is 0.417. The largest absolute Gasteiger partial charge is 0.349 e. The number of rotatable bonds is 5. The van der Waals surface area contributed by atoms with E-state index < -0.39 is 17.7 Å². The fourth-order valence-electron chi connectivity index (χ4n) is 1.47. The SMILES string of the molecule is CC(NC(=O)CCCCl)c1ccc(F)cc1F. The maximum atomic E-state index is 13.4. The number of hydrogen-bond donors (Lipinski definition) is 1. The lowest BCUT2D eigenvalue weighted by molar-refractivity contribution is -0.121. The number of benzene rings is 1. The van der Waals surface area contributed by atoms with Gasteiger partial charge in [0.2, 0.25) is 5.91 Å². The monoisotopic (exact) mass is 261 g/mol. The molecule has 0 spiro atoms. The Balaban J connectivity index is 2.63. The van der Waals surface area contributed by atoms with E-state index in [1.165, 1.54) is 12.1 Å². The van der Waals surface area contributed by atoms with Crippen LogP contribution in [0.1, 0.15) is 31.4 Å². The molecule has 17 heavy (non-hydrogen) atoms. The zero-order valence-corrected chi connectivity index (χ0v) is 10.2. The predicted molar refractivity (Wildman–Crippen MR) is 62.9 cm³/mol. The first-order valence-electron chi connectivity index (χ1n) is 5.35. The molecule has 1 unspecified atom stereocenters. The Kier molecular flexibility index (Phi) is 5.35. The molecule has 1 aromatic carbocycles. The third-order valence-corrected chi connectivity index (χ3v) is 2.61. The van der Waals surface area contributed by atoms with Crippen molar-refractivity contribution < 1.29 is 13.6 Å². The summed E-state index contributed by atoms with van der Waals surface area (Å²) in [5.41, 5.74) is 0.269. The Morgan fingerprint density at radius 1 is 1.47 bits per heavy atom. The first kappa shape index (κ1) is 13.9. The second-order valence-electron chi connectivity index (χ2n) is 3.75. The molecule has 0 aliphatic rings. The van der Waals surface area contributed by atoms with Gasteiger partial charge < -0.3 is 5.32 Å². The quantitative estimate of drug-likeness (QED) is 0.811. The topological polar surface area (TPSA) is 29.1 Å². The van der Waals surface area contributed by atoms with E-state index in [4.69, 9.17) is 11.6 Å². The molecule has 0 radical (unpaired) electrons. The highest BCUT2D eigenvalue weighted by Gasteiger charge is 2.13. The summed E-state index contributed by atoms with van der Waals surface area (Å²) in [6.45, 7) is 1.65. The van der Waals surface area contributed by atoms with Gasteiger partial charge in [-0.2, -0.15) is 0 Å². The zero-order valence-electron chi connectivity index (χ0n) is 9.47. The van der Waals surface area contributed by atoms with Crippen LogP contribution in [0.5, 0.6) is 0 Å². The molecule has 0 aliphatic heterocycles. The summed E-state index contributed by atoms with van der Waals surface area (Å²) < 4.78 is 26.1. The summed E-state index contributed by atoms with van der Waals surface area (Å²) in [5, 5.41) is 2.63. The minimum atomic E-state index is -0.657. The van der Waals surface area contributed by atoms with Crippen LogP contribution in [0.4, 0.5) is 8.78 Å². The lowest BCUT2D eigenvalue weighted by atomic mass is 10.1. The van der Waals surface area contributed by atoms with Gasteiger partial charge in [0.05, 0.1) is 6.04 Å². The van der Waals surface area contributed by atoms with Gasteiger partial charge >= 0.3 is 0 Å². The second-order valence-corrected chi connectivity index (χ2v) is 4.13. The van der Waals surface area contributed by atoms with Gasteiger partial charge in [0.25, 0.3) is 0 Å². The van der Waals surface area contributed by atoms with Crippen molar-refractivity contribution in [3.8, 4) is 0 Å². The third kappa shape index (κ3) is 4.30. The normalized spacial score (nSPS) is 12.2. The van der Waals surface area contributed by atoms with Crippen LogP contribution in [0, 0.1) is 11.6 Å². The summed E-state index contributed by atoms with van der Waals surface area (Å²) in [4.78, 5) is 11.4. The van der Waals surface area contributed by atoms with Gasteiger partial charge in [0.1, 0.15) is 11.6 Å². The number of carbonyl (C=O) groups excluding carboxylic acids is 1. The van der Waals surface area contributed by atoms with Crippen molar-refractivity contribution in [1.29, 1.82) is 0 Å². The standard InChI is InChI=1S/C12H14ClF2NO/c1-8(16-12(17)3-2-6-13)10-5-4-9(14)7-11(10)15/h4-5,7-8H,2-3,6H2,1H3,(H,16,17). The molecule has 1 amide bonds. The lowest BCUT2D eigenvalue weighted by Gasteiger charge is -2.14. The van der Waals surface area contributed by atoms with E-state index in [-0.39, 0.29) is 11.5 Å². The van der Waals surface area contributed by atoms with Crippen LogP contribution < -0.4 is 5.32 Å². The van der Waals surface area contributed by atoms with Crippen molar-refractivity contribution in [2.75, 3.05) is 5.88 Å². The van der Waals surface area contributed by atoms with Crippen molar-refractivity contribution >= 4 is 17.5 Å². The van der Waals surface area contributed by atoms with Gasteiger partial charge in [0.15, 0.2) is 0 Å². The molecule has 94 valence electrons. The zero-order chi connectivity index (χ0) is 12.8. The van der Waals surface area contributed by atoms with Crippen LogP contribution in [0.25, 0.3) is 0 Å². The summed E-state index contributed by atoms with van der Waals surface area (Å²) >= 11 is 5.46. The van der Waals surface area contributed by atoms with E-state index in [2.05, 4.69) is 5.32 Å². The van der Waals surface area contributed by atoms with E-state index in [1.807, 2.05) is 0 Å². The minimum absolute atomic E-state index is 0.193. The maximum Gasteiger partial charge on any atom is 0.220 e. The molecule has 2 nitrogen and oxygen atoms in total. The molecule has 1 rings (SSSR count). The average molecular weight is 262 g/mol. The van der Waals surface area contributed by atoms with E-state index >= 15 is 0 Å². The Labute approximate surface area is 104 Å². The Morgan fingerprint density at radius 3 is 2.76 bits per heavy atom. The number of nitrogens with one attached hydrogen (secondary N) is 1. The first-order valence-corrected chi connectivity index (χ1v) is 5.88. The lowest BCUT2D eigenvalue weighted by Crippen LogP contribution is -2.27. The van der Waals surface area contributed by atoms with Crippen LogP contribution in [-0.4, -0.2) is 11.8 Å². The highest BCUT2D eigenvalue weighted by atomic mass is 35.5. The van der Waals surface area contributed by atoms with Crippen molar-refractivity contribution in [1.82, 2.24) is 5.32 Å². The highest BCUT2D eigenvalue weighted by Crippen LogP contribution is 2.17. The summed E-state index contributed by atoms with van der Waals surface area (Å²) in [6, 6.07) is 2.81. The molecule has 1 aromatic rings. The van der Waals surface area contributed by atoms with E-state index in [0.29, 0.717) is 18.7 Å². The number of amides is 1. The molecule has 0 aliphatic carbocycles. The fourth-order valence-corrected chi connectivity index (χ4v) is 1.61. The Bertz CT molecular complexity index is 398. The molecule has 0 aromatic heterocycles. The van der Waals surface area contributed by atoms with Crippen molar-refractivity contribution in [3.05, 3.63) is 35.4 Å². The second kappa shape index (κ2) is 6.55. The summed E-state index contributed by atoms with van der Waals surface area (Å²) in [6.07, 6.45) is 0.878. The predicted octanol–water partition coefficient (Wildman–Crippen LogP) is 3.16. The number of hydrogen-bond acceptors (Lipinski definition) is 1. The Hall–Kier alpha value is -1.16. The van der Waals surface area contributed by atoms with E-state index in [0.717, 1.165) is 6.07 Å². The minimum Gasteiger partial charge on any atom is -0.349 e. The number of carbonyl (C=O) groups is 1. The van der Waals surface area contributed by atoms with Crippen LogP contribution >= 0.6 is 11.6 Å². The molecule has 0 saturated carbocycles. The smallest absolute Gasteiger partial charge is 0.220 e. The van der Waals surface area contributed by atoms with Gasteiger partial charge in [-0.05, 0) is 19.4 Å². The van der Waals surface area contributed by atoms with Crippen LogP contribution in [-0.2, 0) is 4.79 Å². The van der Waals surface area contributed by atoms with Crippen molar-refractivity contribution in [2.45, 2.75) is 25.8 Å². The van der Waals surface area contributed by atoms with Crippen LogP contribution in [0.15, 0.2) is 18.2 Å². The van der Waals surface area contributed by atoms with Gasteiger partial charge in [-0.25, -0.2) is 8.78 Å². The first-order chi connectivity index (χ1) is 8.04. The average Bonchev–Trinajstić information content (AvgIpc) is 2.26. The van der Waals surface area contributed by atoms with Crippen molar-refractivity contribution in [3.63, 3.8) is 0 Å². The molecule has 0 heterocycles. The summed E-state index contributed by atoms with van der Waals surface area (Å²) in [7, 11) is 0. The van der Waals surface area contributed by atoms with E-state index in [1.54, 1.807) is 6.92 Å². The Morgan fingerprint density at radius 2 is 2.18 bits per heavy atom. The summed E-state index contributed by atoms with van der Waals surface area (Å²) in [5.74, 6) is -1.07. The van der Waals surface area contributed by atoms with Gasteiger partial charge in [-0.3, -0.25) is 4.79 Å².